The Kier molecular flexibility index (Phi) is 3.43. The highest BCUT2D eigenvalue weighted by molar-refractivity contribution is 7.93. The topological polar surface area (TPSA) is 74.3 Å². The van der Waals surface area contributed by atoms with Gasteiger partial charge in [-0.1, -0.05) is 18.9 Å². The van der Waals surface area contributed by atoms with Gasteiger partial charge in [-0.25, -0.2) is 8.42 Å². The first kappa shape index (κ1) is 14.1. The van der Waals surface area contributed by atoms with Crippen LogP contribution in [0.25, 0.3) is 0 Å². The maximum Gasteiger partial charge on any atom is 0.189 e. The summed E-state index contributed by atoms with van der Waals surface area (Å²) in [4.78, 5) is 11.5. The Morgan fingerprint density at radius 3 is 2.21 bits per heavy atom. The maximum atomic E-state index is 12.6. The molecule has 0 N–H and O–H groups in total. The van der Waals surface area contributed by atoms with E-state index in [1.807, 2.05) is 13.8 Å². The third-order valence-corrected chi connectivity index (χ3v) is 6.56. The molecular weight excluding hydrogens is 264 g/mol. The van der Waals surface area contributed by atoms with Gasteiger partial charge in [0, 0.05) is 0 Å². The molecular formula is C14H17O4S-. The zero-order valence-electron chi connectivity index (χ0n) is 11.1. The minimum Gasteiger partial charge on any atom is -0.548 e. The van der Waals surface area contributed by atoms with Crippen molar-refractivity contribution in [1.82, 2.24) is 0 Å². The molecule has 104 valence electrons. The summed E-state index contributed by atoms with van der Waals surface area (Å²) < 4.78 is 23.5. The lowest BCUT2D eigenvalue weighted by molar-refractivity contribution is -0.309. The molecule has 0 aliphatic heterocycles. The van der Waals surface area contributed by atoms with E-state index in [-0.39, 0.29) is 17.7 Å². The second-order valence-electron chi connectivity index (χ2n) is 5.24. The summed E-state index contributed by atoms with van der Waals surface area (Å²) in [5, 5.41) is 11.4. The first-order chi connectivity index (χ1) is 8.81. The number of carbonyl (C=O) groups is 1. The van der Waals surface area contributed by atoms with Crippen LogP contribution in [0.5, 0.6) is 0 Å². The fraction of sp³-hybridized carbons (Fsp3) is 0.500. The number of aliphatic carboxylic acids is 1. The molecule has 1 fully saturated rings. The van der Waals surface area contributed by atoms with Crippen molar-refractivity contribution in [2.75, 3.05) is 0 Å². The van der Waals surface area contributed by atoms with Crippen molar-refractivity contribution in [2.45, 2.75) is 49.2 Å². The van der Waals surface area contributed by atoms with E-state index >= 15 is 0 Å². The molecule has 1 aromatic carbocycles. The van der Waals surface area contributed by atoms with E-state index in [9.17, 15) is 18.3 Å². The van der Waals surface area contributed by atoms with E-state index < -0.39 is 20.6 Å². The van der Waals surface area contributed by atoms with Crippen molar-refractivity contribution >= 4 is 15.8 Å². The molecule has 1 saturated carbocycles. The van der Waals surface area contributed by atoms with Gasteiger partial charge in [0.05, 0.1) is 10.9 Å². The van der Waals surface area contributed by atoms with E-state index in [4.69, 9.17) is 0 Å². The van der Waals surface area contributed by atoms with Crippen molar-refractivity contribution in [2.24, 2.45) is 0 Å². The van der Waals surface area contributed by atoms with Gasteiger partial charge in [-0.15, -0.1) is 0 Å². The number of aryl methyl sites for hydroxylation is 2. The van der Waals surface area contributed by atoms with E-state index in [1.54, 1.807) is 12.1 Å². The second kappa shape index (κ2) is 4.63. The minimum absolute atomic E-state index is 0.0849. The molecule has 0 amide bonds. The summed E-state index contributed by atoms with van der Waals surface area (Å²) in [6.07, 6.45) is 1.51. The Bertz CT molecular complexity index is 610. The molecule has 0 unspecified atom stereocenters. The van der Waals surface area contributed by atoms with Crippen LogP contribution in [-0.2, 0) is 14.6 Å². The van der Waals surface area contributed by atoms with Gasteiger partial charge in [-0.3, -0.25) is 0 Å². The van der Waals surface area contributed by atoms with Gasteiger partial charge in [-0.2, -0.15) is 0 Å². The number of carboxylic acids is 1. The predicted molar refractivity (Wildman–Crippen MR) is 69.3 cm³/mol. The zero-order valence-corrected chi connectivity index (χ0v) is 11.9. The number of carbonyl (C=O) groups excluding carboxylic acids is 1. The van der Waals surface area contributed by atoms with Crippen LogP contribution in [0.1, 0.15) is 36.8 Å². The Morgan fingerprint density at radius 1 is 1.16 bits per heavy atom. The number of sulfone groups is 1. The Morgan fingerprint density at radius 2 is 1.74 bits per heavy atom. The molecule has 0 atom stereocenters. The van der Waals surface area contributed by atoms with E-state index in [0.717, 1.165) is 11.1 Å². The normalized spacial score (nSPS) is 18.4. The highest BCUT2D eigenvalue weighted by atomic mass is 32.2. The zero-order chi connectivity index (χ0) is 14.3. The third-order valence-electron chi connectivity index (χ3n) is 4.09. The minimum atomic E-state index is -3.90. The van der Waals surface area contributed by atoms with Crippen LogP contribution in [0.4, 0.5) is 0 Å². The summed E-state index contributed by atoms with van der Waals surface area (Å²) in [6, 6.07) is 4.74. The summed E-state index contributed by atoms with van der Waals surface area (Å²) in [6.45, 7) is 3.70. The van der Waals surface area contributed by atoms with Gasteiger partial charge in [0.1, 0.15) is 4.75 Å². The summed E-state index contributed by atoms with van der Waals surface area (Å²) in [7, 11) is -3.90. The molecule has 5 heteroatoms. The van der Waals surface area contributed by atoms with Crippen LogP contribution in [0.15, 0.2) is 23.1 Å². The third kappa shape index (κ3) is 2.06. The molecule has 0 bridgehead atoms. The highest BCUT2D eigenvalue weighted by Crippen LogP contribution is 2.40. The van der Waals surface area contributed by atoms with Crippen molar-refractivity contribution in [3.63, 3.8) is 0 Å². The van der Waals surface area contributed by atoms with Crippen molar-refractivity contribution in [3.8, 4) is 0 Å². The van der Waals surface area contributed by atoms with E-state index in [1.165, 1.54) is 6.07 Å². The SMILES string of the molecule is Cc1ccc(S(=O)(=O)C2(C(=O)[O-])CCCC2)cc1C. The van der Waals surface area contributed by atoms with Crippen molar-refractivity contribution < 1.29 is 18.3 Å². The lowest BCUT2D eigenvalue weighted by atomic mass is 10.1. The smallest absolute Gasteiger partial charge is 0.189 e. The predicted octanol–water partition coefficient (Wildman–Crippen LogP) is 1.14. The number of carboxylic acid groups (broad SMARTS) is 1. The number of hydrogen-bond donors (Lipinski definition) is 0. The summed E-state index contributed by atoms with van der Waals surface area (Å²) >= 11 is 0. The number of rotatable bonds is 3. The van der Waals surface area contributed by atoms with Crippen LogP contribution < -0.4 is 5.11 Å². The number of hydrogen-bond acceptors (Lipinski definition) is 4. The van der Waals surface area contributed by atoms with Gasteiger partial charge in [0.2, 0.25) is 0 Å². The van der Waals surface area contributed by atoms with E-state index in [0.29, 0.717) is 12.8 Å². The molecule has 0 saturated heterocycles. The van der Waals surface area contributed by atoms with Crippen LogP contribution >= 0.6 is 0 Å². The fourth-order valence-electron chi connectivity index (χ4n) is 2.64. The molecule has 4 nitrogen and oxygen atoms in total. The van der Waals surface area contributed by atoms with Crippen LogP contribution in [0.3, 0.4) is 0 Å². The Balaban J connectivity index is 2.58. The molecule has 0 radical (unpaired) electrons. The molecule has 0 spiro atoms. The van der Waals surface area contributed by atoms with Gasteiger partial charge in [-0.05, 0) is 49.9 Å². The van der Waals surface area contributed by atoms with Crippen molar-refractivity contribution in [3.05, 3.63) is 29.3 Å². The molecule has 0 heterocycles. The average molecular weight is 281 g/mol. The van der Waals surface area contributed by atoms with Gasteiger partial charge in [0.25, 0.3) is 0 Å². The fourth-order valence-corrected chi connectivity index (χ4v) is 4.71. The lowest BCUT2D eigenvalue weighted by Gasteiger charge is -2.30. The van der Waals surface area contributed by atoms with Gasteiger partial charge in [0.15, 0.2) is 9.84 Å². The van der Waals surface area contributed by atoms with Crippen LogP contribution in [0.2, 0.25) is 0 Å². The van der Waals surface area contributed by atoms with Crippen LogP contribution in [-0.4, -0.2) is 19.1 Å². The first-order valence-electron chi connectivity index (χ1n) is 6.34. The Hall–Kier alpha value is -1.36. The standard InChI is InChI=1S/C14H18O4S/c1-10-5-6-12(9-11(10)2)19(17,18)14(13(15)16)7-3-4-8-14/h5-6,9H,3-4,7-8H2,1-2H3,(H,15,16)/p-1. The van der Waals surface area contributed by atoms with E-state index in [2.05, 4.69) is 0 Å². The van der Waals surface area contributed by atoms with Crippen LogP contribution in [0, 0.1) is 13.8 Å². The molecule has 19 heavy (non-hydrogen) atoms. The summed E-state index contributed by atoms with van der Waals surface area (Å²) in [5.41, 5.74) is 1.82. The molecule has 1 aromatic rings. The number of benzene rings is 1. The average Bonchev–Trinajstić information content (AvgIpc) is 2.83. The first-order valence-corrected chi connectivity index (χ1v) is 7.83. The van der Waals surface area contributed by atoms with Gasteiger partial charge < -0.3 is 9.90 Å². The second-order valence-corrected chi connectivity index (χ2v) is 7.50. The lowest BCUT2D eigenvalue weighted by Crippen LogP contribution is -2.51. The largest absolute Gasteiger partial charge is 0.548 e. The maximum absolute atomic E-state index is 12.6. The molecule has 1 aliphatic carbocycles. The Labute approximate surface area is 113 Å². The quantitative estimate of drug-likeness (QED) is 0.832. The monoisotopic (exact) mass is 281 g/mol. The van der Waals surface area contributed by atoms with Gasteiger partial charge >= 0.3 is 0 Å². The molecule has 1 aliphatic rings. The molecule has 2 rings (SSSR count). The molecule has 0 aromatic heterocycles. The summed E-state index contributed by atoms with van der Waals surface area (Å²) in [5.74, 6) is -1.47. The van der Waals surface area contributed by atoms with Crippen molar-refractivity contribution in [1.29, 1.82) is 0 Å². The highest BCUT2D eigenvalue weighted by Gasteiger charge is 2.48.